The van der Waals surface area contributed by atoms with Gasteiger partial charge >= 0.3 is 0 Å². The second-order valence-electron chi connectivity index (χ2n) is 3.86. The number of rotatable bonds is 5. The van der Waals surface area contributed by atoms with Gasteiger partial charge in [-0.15, -0.1) is 6.42 Å². The van der Waals surface area contributed by atoms with Crippen LogP contribution in [-0.2, 0) is 0 Å². The van der Waals surface area contributed by atoms with E-state index in [0.29, 0.717) is 6.54 Å². The first-order valence-electron chi connectivity index (χ1n) is 5.59. The first-order chi connectivity index (χ1) is 7.69. The summed E-state index contributed by atoms with van der Waals surface area (Å²) < 4.78 is 0. The van der Waals surface area contributed by atoms with Crippen molar-refractivity contribution in [2.45, 2.75) is 26.3 Å². The molecular formula is C13H19N3. The molecule has 3 heteroatoms. The van der Waals surface area contributed by atoms with Gasteiger partial charge in [-0.1, -0.05) is 18.9 Å². The van der Waals surface area contributed by atoms with Crippen molar-refractivity contribution in [3.8, 4) is 12.3 Å². The van der Waals surface area contributed by atoms with E-state index in [1.165, 1.54) is 0 Å². The van der Waals surface area contributed by atoms with Crippen molar-refractivity contribution in [2.75, 3.05) is 18.0 Å². The van der Waals surface area contributed by atoms with E-state index in [2.05, 4.69) is 22.7 Å². The maximum absolute atomic E-state index is 5.77. The Morgan fingerprint density at radius 2 is 2.31 bits per heavy atom. The normalized spacial score (nSPS) is 11.9. The van der Waals surface area contributed by atoms with Crippen LogP contribution in [0.3, 0.4) is 0 Å². The van der Waals surface area contributed by atoms with Crippen LogP contribution >= 0.6 is 0 Å². The number of anilines is 1. The third-order valence-electron chi connectivity index (χ3n) is 2.40. The molecule has 1 aromatic heterocycles. The molecule has 0 amide bonds. The molecule has 2 N–H and O–H groups in total. The predicted molar refractivity (Wildman–Crippen MR) is 68.2 cm³/mol. The summed E-state index contributed by atoms with van der Waals surface area (Å²) in [6.07, 6.45) is 8.21. The molecule has 0 bridgehead atoms. The van der Waals surface area contributed by atoms with E-state index in [1.807, 2.05) is 25.3 Å². The standard InChI is InChI=1S/C13H19N3/c1-4-8-16(9-5-2)13-7-6-12(10-15-13)11(3)14/h1,6-7,10-11H,5,8-9,14H2,2-3H3/t11-/m1/s1. The molecule has 1 rings (SSSR count). The molecule has 0 aliphatic rings. The first-order valence-corrected chi connectivity index (χ1v) is 5.59. The highest BCUT2D eigenvalue weighted by molar-refractivity contribution is 5.41. The average Bonchev–Trinajstić information content (AvgIpc) is 2.29. The van der Waals surface area contributed by atoms with E-state index in [0.717, 1.165) is 24.3 Å². The monoisotopic (exact) mass is 217 g/mol. The number of nitrogens with two attached hydrogens (primary N) is 1. The Balaban J connectivity index is 2.81. The van der Waals surface area contributed by atoms with Crippen LogP contribution in [0.5, 0.6) is 0 Å². The minimum Gasteiger partial charge on any atom is -0.345 e. The van der Waals surface area contributed by atoms with Crippen molar-refractivity contribution in [2.24, 2.45) is 5.73 Å². The lowest BCUT2D eigenvalue weighted by Gasteiger charge is -2.20. The molecule has 0 unspecified atom stereocenters. The Labute approximate surface area is 97.7 Å². The van der Waals surface area contributed by atoms with Gasteiger partial charge in [-0.25, -0.2) is 4.98 Å². The van der Waals surface area contributed by atoms with Crippen LogP contribution in [0.15, 0.2) is 18.3 Å². The highest BCUT2D eigenvalue weighted by atomic mass is 15.2. The fourth-order valence-electron chi connectivity index (χ4n) is 1.51. The Kier molecular flexibility index (Phi) is 4.81. The van der Waals surface area contributed by atoms with Crippen LogP contribution in [-0.4, -0.2) is 18.1 Å². The third kappa shape index (κ3) is 3.25. The van der Waals surface area contributed by atoms with Gasteiger partial charge in [0.05, 0.1) is 6.54 Å². The van der Waals surface area contributed by atoms with Gasteiger partial charge in [0.15, 0.2) is 0 Å². The fraction of sp³-hybridized carbons (Fsp3) is 0.462. The minimum atomic E-state index is 0.0220. The molecule has 1 aromatic rings. The smallest absolute Gasteiger partial charge is 0.129 e. The summed E-state index contributed by atoms with van der Waals surface area (Å²) in [5.41, 5.74) is 6.81. The van der Waals surface area contributed by atoms with Crippen LogP contribution in [0.25, 0.3) is 0 Å². The lowest BCUT2D eigenvalue weighted by Crippen LogP contribution is -2.25. The number of terminal acetylenes is 1. The maximum atomic E-state index is 5.77. The summed E-state index contributed by atoms with van der Waals surface area (Å²) in [4.78, 5) is 6.48. The van der Waals surface area contributed by atoms with Gasteiger partial charge in [0.25, 0.3) is 0 Å². The molecule has 0 aromatic carbocycles. The van der Waals surface area contributed by atoms with Crippen LogP contribution in [0.1, 0.15) is 31.9 Å². The number of aromatic nitrogens is 1. The number of nitrogens with zero attached hydrogens (tertiary/aromatic N) is 2. The largest absolute Gasteiger partial charge is 0.345 e. The van der Waals surface area contributed by atoms with E-state index in [4.69, 9.17) is 12.2 Å². The van der Waals surface area contributed by atoms with Crippen LogP contribution in [0, 0.1) is 12.3 Å². The Bertz CT molecular complexity index is 348. The molecular weight excluding hydrogens is 198 g/mol. The quantitative estimate of drug-likeness (QED) is 0.766. The van der Waals surface area contributed by atoms with E-state index >= 15 is 0 Å². The lowest BCUT2D eigenvalue weighted by molar-refractivity contribution is 0.791. The zero-order valence-electron chi connectivity index (χ0n) is 9.98. The SMILES string of the molecule is C#CCN(CCC)c1ccc([C@@H](C)N)cn1. The number of hydrogen-bond acceptors (Lipinski definition) is 3. The van der Waals surface area contributed by atoms with Crippen LogP contribution < -0.4 is 10.6 Å². The second kappa shape index (κ2) is 6.14. The lowest BCUT2D eigenvalue weighted by atomic mass is 10.1. The molecule has 0 saturated heterocycles. The highest BCUT2D eigenvalue weighted by Gasteiger charge is 2.06. The molecule has 0 aliphatic heterocycles. The topological polar surface area (TPSA) is 42.1 Å². The Morgan fingerprint density at radius 1 is 1.56 bits per heavy atom. The average molecular weight is 217 g/mol. The molecule has 16 heavy (non-hydrogen) atoms. The summed E-state index contributed by atoms with van der Waals surface area (Å²) >= 11 is 0. The van der Waals surface area contributed by atoms with E-state index in [9.17, 15) is 0 Å². The second-order valence-corrected chi connectivity index (χ2v) is 3.86. The van der Waals surface area contributed by atoms with Crippen molar-refractivity contribution >= 4 is 5.82 Å². The number of pyridine rings is 1. The minimum absolute atomic E-state index is 0.0220. The molecule has 1 atom stereocenters. The Morgan fingerprint density at radius 3 is 2.75 bits per heavy atom. The van der Waals surface area contributed by atoms with Crippen molar-refractivity contribution in [3.63, 3.8) is 0 Å². The highest BCUT2D eigenvalue weighted by Crippen LogP contribution is 2.14. The van der Waals surface area contributed by atoms with E-state index in [-0.39, 0.29) is 6.04 Å². The maximum Gasteiger partial charge on any atom is 0.129 e. The molecule has 0 fully saturated rings. The van der Waals surface area contributed by atoms with Gasteiger partial charge in [0.2, 0.25) is 0 Å². The van der Waals surface area contributed by atoms with Gasteiger partial charge in [0, 0.05) is 18.8 Å². The predicted octanol–water partition coefficient (Wildman–Crippen LogP) is 1.95. The molecule has 0 radical (unpaired) electrons. The summed E-state index contributed by atoms with van der Waals surface area (Å²) in [6.45, 7) is 5.59. The van der Waals surface area contributed by atoms with Gasteiger partial charge in [-0.05, 0) is 25.0 Å². The summed E-state index contributed by atoms with van der Waals surface area (Å²) in [6, 6.07) is 4.01. The summed E-state index contributed by atoms with van der Waals surface area (Å²) in [7, 11) is 0. The molecule has 3 nitrogen and oxygen atoms in total. The zero-order chi connectivity index (χ0) is 12.0. The molecule has 86 valence electrons. The van der Waals surface area contributed by atoms with Crippen molar-refractivity contribution in [1.82, 2.24) is 4.98 Å². The molecule has 0 aliphatic carbocycles. The van der Waals surface area contributed by atoms with E-state index < -0.39 is 0 Å². The summed E-state index contributed by atoms with van der Waals surface area (Å²) in [5.74, 6) is 3.57. The third-order valence-corrected chi connectivity index (χ3v) is 2.40. The van der Waals surface area contributed by atoms with Crippen molar-refractivity contribution in [3.05, 3.63) is 23.9 Å². The van der Waals surface area contributed by atoms with Crippen molar-refractivity contribution in [1.29, 1.82) is 0 Å². The Hall–Kier alpha value is -1.53. The van der Waals surface area contributed by atoms with Gasteiger partial charge in [-0.2, -0.15) is 0 Å². The number of hydrogen-bond donors (Lipinski definition) is 1. The first kappa shape index (κ1) is 12.5. The van der Waals surface area contributed by atoms with E-state index in [1.54, 1.807) is 0 Å². The molecule has 0 saturated carbocycles. The zero-order valence-corrected chi connectivity index (χ0v) is 9.98. The fourth-order valence-corrected chi connectivity index (χ4v) is 1.51. The van der Waals surface area contributed by atoms with Crippen molar-refractivity contribution < 1.29 is 0 Å². The van der Waals surface area contributed by atoms with Gasteiger partial charge in [0.1, 0.15) is 5.82 Å². The van der Waals surface area contributed by atoms with Crippen LogP contribution in [0.4, 0.5) is 5.82 Å². The summed E-state index contributed by atoms with van der Waals surface area (Å²) in [5, 5.41) is 0. The van der Waals surface area contributed by atoms with Gasteiger partial charge in [-0.3, -0.25) is 0 Å². The molecule has 0 spiro atoms. The van der Waals surface area contributed by atoms with Crippen LogP contribution in [0.2, 0.25) is 0 Å². The molecule has 1 heterocycles. The van der Waals surface area contributed by atoms with Gasteiger partial charge < -0.3 is 10.6 Å².